The molecule has 2 aromatic carbocycles. The molecule has 0 aromatic heterocycles. The summed E-state index contributed by atoms with van der Waals surface area (Å²) < 4.78 is 20.9. The van der Waals surface area contributed by atoms with Crippen LogP contribution in [-0.2, 0) is 4.79 Å². The Hall–Kier alpha value is -2.95. The van der Waals surface area contributed by atoms with Crippen molar-refractivity contribution in [2.75, 3.05) is 27.9 Å². The van der Waals surface area contributed by atoms with E-state index in [-0.39, 0.29) is 22.3 Å². The molecule has 0 heterocycles. The molecule has 0 unspecified atom stereocenters. The van der Waals surface area contributed by atoms with E-state index in [0.717, 1.165) is 0 Å². The average Bonchev–Trinajstić information content (AvgIpc) is 2.75. The first-order chi connectivity index (χ1) is 14.8. The third-order valence-electron chi connectivity index (χ3n) is 3.72. The third kappa shape index (κ3) is 6.78. The van der Waals surface area contributed by atoms with Crippen molar-refractivity contribution >= 4 is 52.3 Å². The Balaban J connectivity index is 1.89. The summed E-state index contributed by atoms with van der Waals surface area (Å²) >= 11 is 16.8. The topological polar surface area (TPSA) is 107 Å². The van der Waals surface area contributed by atoms with Crippen molar-refractivity contribution in [3.05, 3.63) is 45.9 Å². The first kappa shape index (κ1) is 24.3. The van der Waals surface area contributed by atoms with Crippen molar-refractivity contribution in [2.24, 2.45) is 0 Å². The molecule has 0 atom stereocenters. The van der Waals surface area contributed by atoms with Crippen LogP contribution in [0.25, 0.3) is 0 Å². The average molecular weight is 488 g/mol. The van der Waals surface area contributed by atoms with Crippen LogP contribution >= 0.6 is 35.4 Å². The highest BCUT2D eigenvalue weighted by Crippen LogP contribution is 2.38. The molecule has 0 spiro atoms. The molecule has 0 bridgehead atoms. The molecule has 0 saturated heterocycles. The number of halogens is 2. The molecule has 0 radical (unpaired) electrons. The summed E-state index contributed by atoms with van der Waals surface area (Å²) in [5.74, 6) is 0.120. The highest BCUT2D eigenvalue weighted by atomic mass is 35.5. The number of amides is 2. The molecule has 0 aliphatic rings. The molecule has 0 aliphatic carbocycles. The fourth-order valence-corrected chi connectivity index (χ4v) is 2.92. The van der Waals surface area contributed by atoms with E-state index >= 15 is 0 Å². The largest absolute Gasteiger partial charge is 0.493 e. The lowest BCUT2D eigenvalue weighted by atomic mass is 10.1. The second-order valence-corrected chi connectivity index (χ2v) is 6.99. The normalized spacial score (nSPS) is 9.97. The minimum absolute atomic E-state index is 0.142. The van der Waals surface area contributed by atoms with Gasteiger partial charge in [0.15, 0.2) is 23.2 Å². The van der Waals surface area contributed by atoms with Crippen LogP contribution in [0, 0.1) is 0 Å². The molecule has 31 heavy (non-hydrogen) atoms. The van der Waals surface area contributed by atoms with Crippen molar-refractivity contribution in [2.45, 2.75) is 0 Å². The van der Waals surface area contributed by atoms with Gasteiger partial charge >= 0.3 is 0 Å². The molecule has 3 N–H and O–H groups in total. The number of hydrogen-bond donors (Lipinski definition) is 3. The van der Waals surface area contributed by atoms with E-state index in [1.165, 1.54) is 45.6 Å². The molecule has 9 nitrogen and oxygen atoms in total. The number of thiocarbonyl (C=S) groups is 1. The van der Waals surface area contributed by atoms with E-state index in [1.54, 1.807) is 6.07 Å². The van der Waals surface area contributed by atoms with Crippen LogP contribution in [0.3, 0.4) is 0 Å². The fourth-order valence-electron chi connectivity index (χ4n) is 2.32. The van der Waals surface area contributed by atoms with Crippen LogP contribution in [0.1, 0.15) is 10.4 Å². The second-order valence-electron chi connectivity index (χ2n) is 5.73. The van der Waals surface area contributed by atoms with Crippen molar-refractivity contribution in [1.29, 1.82) is 0 Å². The monoisotopic (exact) mass is 487 g/mol. The number of carbonyl (C=O) groups excluding carboxylic acids is 2. The summed E-state index contributed by atoms with van der Waals surface area (Å²) in [6, 6.07) is 7.52. The van der Waals surface area contributed by atoms with Gasteiger partial charge in [-0.2, -0.15) is 0 Å². The summed E-state index contributed by atoms with van der Waals surface area (Å²) in [5, 5.41) is 2.98. The van der Waals surface area contributed by atoms with Crippen LogP contribution < -0.4 is 35.1 Å². The van der Waals surface area contributed by atoms with E-state index < -0.39 is 11.8 Å². The first-order valence-electron chi connectivity index (χ1n) is 8.57. The molecular weight excluding hydrogens is 469 g/mol. The van der Waals surface area contributed by atoms with Gasteiger partial charge in [-0.15, -0.1) is 0 Å². The van der Waals surface area contributed by atoms with Gasteiger partial charge in [0.05, 0.1) is 26.4 Å². The summed E-state index contributed by atoms with van der Waals surface area (Å²) in [4.78, 5) is 24.4. The minimum atomic E-state index is -0.560. The molecule has 0 fully saturated rings. The smallest absolute Gasteiger partial charge is 0.276 e. The van der Waals surface area contributed by atoms with E-state index in [0.29, 0.717) is 28.0 Å². The highest BCUT2D eigenvalue weighted by Gasteiger charge is 2.18. The summed E-state index contributed by atoms with van der Waals surface area (Å²) in [6.07, 6.45) is 0. The van der Waals surface area contributed by atoms with Gasteiger partial charge in [-0.3, -0.25) is 25.8 Å². The number of ether oxygens (including phenoxy) is 4. The minimum Gasteiger partial charge on any atom is -0.493 e. The molecule has 166 valence electrons. The van der Waals surface area contributed by atoms with Crippen LogP contribution in [0.4, 0.5) is 0 Å². The van der Waals surface area contributed by atoms with Crippen molar-refractivity contribution in [3.63, 3.8) is 0 Å². The SMILES string of the molecule is COc1cc(C(=O)NC(=S)NNC(=O)COc2ccc(Cl)cc2Cl)cc(OC)c1OC. The Kier molecular flexibility index (Phi) is 8.98. The van der Waals surface area contributed by atoms with Gasteiger partial charge in [0, 0.05) is 10.6 Å². The van der Waals surface area contributed by atoms with E-state index in [1.807, 2.05) is 0 Å². The van der Waals surface area contributed by atoms with E-state index in [2.05, 4.69) is 16.2 Å². The summed E-state index contributed by atoms with van der Waals surface area (Å²) in [7, 11) is 4.31. The van der Waals surface area contributed by atoms with Crippen molar-refractivity contribution in [1.82, 2.24) is 16.2 Å². The standard InChI is InChI=1S/C19H19Cl2N3O6S/c1-27-14-6-10(7-15(28-2)17(14)29-3)18(26)22-19(31)24-23-16(25)9-30-13-5-4-11(20)8-12(13)21/h4-8H,9H2,1-3H3,(H,23,25)(H2,22,24,26,31). The molecule has 0 aliphatic heterocycles. The second kappa shape index (κ2) is 11.4. The Morgan fingerprint density at radius 1 is 0.935 bits per heavy atom. The lowest BCUT2D eigenvalue weighted by molar-refractivity contribution is -0.123. The maximum Gasteiger partial charge on any atom is 0.276 e. The Bertz CT molecular complexity index is 964. The number of hydrogen-bond acceptors (Lipinski definition) is 7. The predicted octanol–water partition coefficient (Wildman–Crippen LogP) is 2.73. The van der Waals surface area contributed by atoms with Gasteiger partial charge in [-0.25, -0.2) is 0 Å². The molecular formula is C19H19Cl2N3O6S. The highest BCUT2D eigenvalue weighted by molar-refractivity contribution is 7.80. The van der Waals surface area contributed by atoms with E-state index in [4.69, 9.17) is 54.4 Å². The third-order valence-corrected chi connectivity index (χ3v) is 4.46. The van der Waals surface area contributed by atoms with Gasteiger partial charge in [-0.1, -0.05) is 23.2 Å². The Labute approximate surface area is 193 Å². The van der Waals surface area contributed by atoms with Crippen molar-refractivity contribution in [3.8, 4) is 23.0 Å². The number of methoxy groups -OCH3 is 3. The first-order valence-corrected chi connectivity index (χ1v) is 9.73. The van der Waals surface area contributed by atoms with Crippen LogP contribution in [0.15, 0.2) is 30.3 Å². The van der Waals surface area contributed by atoms with Gasteiger partial charge in [0.2, 0.25) is 5.75 Å². The number of benzene rings is 2. The maximum absolute atomic E-state index is 12.5. The fraction of sp³-hybridized carbons (Fsp3) is 0.211. The molecule has 2 amide bonds. The van der Waals surface area contributed by atoms with Gasteiger partial charge in [-0.05, 0) is 42.5 Å². The van der Waals surface area contributed by atoms with Gasteiger partial charge < -0.3 is 18.9 Å². The molecule has 12 heteroatoms. The number of carbonyl (C=O) groups is 2. The molecule has 0 saturated carbocycles. The molecule has 2 rings (SSSR count). The maximum atomic E-state index is 12.5. The van der Waals surface area contributed by atoms with Crippen LogP contribution in [0.2, 0.25) is 10.0 Å². The quantitative estimate of drug-likeness (QED) is 0.404. The number of rotatable bonds is 7. The van der Waals surface area contributed by atoms with E-state index in [9.17, 15) is 9.59 Å². The van der Waals surface area contributed by atoms with Gasteiger partial charge in [0.1, 0.15) is 5.75 Å². The Morgan fingerprint density at radius 2 is 1.58 bits per heavy atom. The molecule has 2 aromatic rings. The Morgan fingerprint density at radius 3 is 2.13 bits per heavy atom. The van der Waals surface area contributed by atoms with Gasteiger partial charge in [0.25, 0.3) is 11.8 Å². The lowest BCUT2D eigenvalue weighted by Crippen LogP contribution is -2.49. The number of hydrazine groups is 1. The number of nitrogens with one attached hydrogen (secondary N) is 3. The zero-order valence-electron chi connectivity index (χ0n) is 16.7. The van der Waals surface area contributed by atoms with Crippen LogP contribution in [-0.4, -0.2) is 44.9 Å². The lowest BCUT2D eigenvalue weighted by Gasteiger charge is -2.15. The summed E-state index contributed by atoms with van der Waals surface area (Å²) in [5.41, 5.74) is 4.90. The zero-order valence-corrected chi connectivity index (χ0v) is 19.0. The van der Waals surface area contributed by atoms with Crippen LogP contribution in [0.5, 0.6) is 23.0 Å². The predicted molar refractivity (Wildman–Crippen MR) is 119 cm³/mol. The summed E-state index contributed by atoms with van der Waals surface area (Å²) in [6.45, 7) is -0.349. The zero-order chi connectivity index (χ0) is 23.0. The van der Waals surface area contributed by atoms with Crippen molar-refractivity contribution < 1.29 is 28.5 Å².